The number of hydrogen-bond donors (Lipinski definition) is 2. The molecule has 0 radical (unpaired) electrons. The lowest BCUT2D eigenvalue weighted by molar-refractivity contribution is 0.471. The van der Waals surface area contributed by atoms with Crippen LogP contribution >= 0.6 is 11.6 Å². The summed E-state index contributed by atoms with van der Waals surface area (Å²) in [4.78, 5) is 0. The van der Waals surface area contributed by atoms with Crippen molar-refractivity contribution in [2.45, 2.75) is 19.9 Å². The van der Waals surface area contributed by atoms with E-state index in [1.807, 2.05) is 26.0 Å². The molecule has 0 heterocycles. The van der Waals surface area contributed by atoms with Crippen LogP contribution in [0, 0.1) is 12.7 Å². The van der Waals surface area contributed by atoms with Gasteiger partial charge >= 0.3 is 0 Å². The molecular weight excluding hydrogens is 265 g/mol. The van der Waals surface area contributed by atoms with E-state index in [9.17, 15) is 9.50 Å². The summed E-state index contributed by atoms with van der Waals surface area (Å²) in [6, 6.07) is 9.98. The molecular formula is C15H15ClFNO. The number of aromatic hydroxyl groups is 1. The summed E-state index contributed by atoms with van der Waals surface area (Å²) in [5.74, 6) is -0.181. The Labute approximate surface area is 116 Å². The molecule has 100 valence electrons. The lowest BCUT2D eigenvalue weighted by Crippen LogP contribution is -2.06. The van der Waals surface area contributed by atoms with Gasteiger partial charge in [-0.2, -0.15) is 0 Å². The van der Waals surface area contributed by atoms with Gasteiger partial charge < -0.3 is 10.4 Å². The van der Waals surface area contributed by atoms with Crippen LogP contribution in [0.5, 0.6) is 5.75 Å². The van der Waals surface area contributed by atoms with Gasteiger partial charge in [-0.05, 0) is 43.2 Å². The molecule has 1 unspecified atom stereocenters. The second-order valence-corrected chi connectivity index (χ2v) is 4.95. The Morgan fingerprint density at radius 2 is 1.95 bits per heavy atom. The van der Waals surface area contributed by atoms with Crippen LogP contribution in [0.15, 0.2) is 36.4 Å². The zero-order valence-corrected chi connectivity index (χ0v) is 11.5. The van der Waals surface area contributed by atoms with E-state index in [0.29, 0.717) is 0 Å². The van der Waals surface area contributed by atoms with Crippen molar-refractivity contribution in [3.05, 3.63) is 58.4 Å². The minimum atomic E-state index is -0.425. The van der Waals surface area contributed by atoms with Crippen molar-refractivity contribution in [3.8, 4) is 5.75 Å². The van der Waals surface area contributed by atoms with Gasteiger partial charge in [0.05, 0.1) is 5.02 Å². The molecule has 0 aromatic heterocycles. The average Bonchev–Trinajstić information content (AvgIpc) is 2.37. The number of phenolic OH excluding ortho intramolecular Hbond substituents is 1. The minimum Gasteiger partial charge on any atom is -0.508 e. The van der Waals surface area contributed by atoms with E-state index < -0.39 is 5.82 Å². The van der Waals surface area contributed by atoms with E-state index in [-0.39, 0.29) is 16.8 Å². The van der Waals surface area contributed by atoms with Gasteiger partial charge in [0.2, 0.25) is 0 Å². The Morgan fingerprint density at radius 1 is 1.21 bits per heavy atom. The molecule has 2 rings (SSSR count). The molecule has 0 amide bonds. The standard InChI is InChI=1S/C15H15ClFNO/c1-9-3-5-12(8-15(9)19)18-10(2)11-4-6-14(17)13(16)7-11/h3-8,10,18-19H,1-2H3. The van der Waals surface area contributed by atoms with Gasteiger partial charge in [-0.3, -0.25) is 0 Å². The Morgan fingerprint density at radius 3 is 2.58 bits per heavy atom. The maximum Gasteiger partial charge on any atom is 0.141 e. The monoisotopic (exact) mass is 279 g/mol. The number of rotatable bonds is 3. The molecule has 0 saturated heterocycles. The van der Waals surface area contributed by atoms with Crippen LogP contribution in [0.1, 0.15) is 24.1 Å². The summed E-state index contributed by atoms with van der Waals surface area (Å²) in [5, 5.41) is 13.0. The number of nitrogens with one attached hydrogen (secondary N) is 1. The van der Waals surface area contributed by atoms with Crippen LogP contribution in [0.3, 0.4) is 0 Å². The highest BCUT2D eigenvalue weighted by atomic mass is 35.5. The number of halogens is 2. The number of aryl methyl sites for hydroxylation is 1. The maximum absolute atomic E-state index is 13.1. The number of anilines is 1. The summed E-state index contributed by atoms with van der Waals surface area (Å²) in [6.07, 6.45) is 0. The predicted molar refractivity (Wildman–Crippen MR) is 76.3 cm³/mol. The second-order valence-electron chi connectivity index (χ2n) is 4.54. The third kappa shape index (κ3) is 3.18. The molecule has 0 aliphatic heterocycles. The Balaban J connectivity index is 2.17. The summed E-state index contributed by atoms with van der Waals surface area (Å²) in [7, 11) is 0. The third-order valence-electron chi connectivity index (χ3n) is 3.04. The lowest BCUT2D eigenvalue weighted by atomic mass is 10.1. The van der Waals surface area contributed by atoms with Gasteiger partial charge in [-0.15, -0.1) is 0 Å². The molecule has 0 aliphatic rings. The Hall–Kier alpha value is -1.74. The van der Waals surface area contributed by atoms with Gasteiger partial charge in [0, 0.05) is 17.8 Å². The van der Waals surface area contributed by atoms with Crippen LogP contribution in [0.2, 0.25) is 5.02 Å². The topological polar surface area (TPSA) is 32.3 Å². The van der Waals surface area contributed by atoms with Crippen molar-refractivity contribution in [1.82, 2.24) is 0 Å². The van der Waals surface area contributed by atoms with E-state index in [4.69, 9.17) is 11.6 Å². The molecule has 0 saturated carbocycles. The van der Waals surface area contributed by atoms with Gasteiger partial charge in [0.1, 0.15) is 11.6 Å². The van der Waals surface area contributed by atoms with Crippen molar-refractivity contribution in [3.63, 3.8) is 0 Å². The molecule has 0 fully saturated rings. The van der Waals surface area contributed by atoms with Crippen LogP contribution in [-0.2, 0) is 0 Å². The summed E-state index contributed by atoms with van der Waals surface area (Å²) in [6.45, 7) is 3.78. The van der Waals surface area contributed by atoms with Crippen molar-refractivity contribution in [1.29, 1.82) is 0 Å². The summed E-state index contributed by atoms with van der Waals surface area (Å²) in [5.41, 5.74) is 2.51. The molecule has 2 N–H and O–H groups in total. The van der Waals surface area contributed by atoms with Crippen LogP contribution < -0.4 is 5.32 Å². The lowest BCUT2D eigenvalue weighted by Gasteiger charge is -2.16. The van der Waals surface area contributed by atoms with Crippen molar-refractivity contribution in [2.75, 3.05) is 5.32 Å². The molecule has 0 aliphatic carbocycles. The number of hydrogen-bond acceptors (Lipinski definition) is 2. The quantitative estimate of drug-likeness (QED) is 0.856. The Bertz CT molecular complexity index is 601. The zero-order chi connectivity index (χ0) is 14.0. The first kappa shape index (κ1) is 13.7. The zero-order valence-electron chi connectivity index (χ0n) is 10.7. The highest BCUT2D eigenvalue weighted by molar-refractivity contribution is 6.30. The average molecular weight is 280 g/mol. The molecule has 19 heavy (non-hydrogen) atoms. The molecule has 0 bridgehead atoms. The molecule has 0 spiro atoms. The highest BCUT2D eigenvalue weighted by Crippen LogP contribution is 2.26. The largest absolute Gasteiger partial charge is 0.508 e. The first-order valence-electron chi connectivity index (χ1n) is 5.98. The fourth-order valence-electron chi connectivity index (χ4n) is 1.81. The predicted octanol–water partition coefficient (Wildman–Crippen LogP) is 4.67. The molecule has 2 nitrogen and oxygen atoms in total. The summed E-state index contributed by atoms with van der Waals surface area (Å²) < 4.78 is 13.1. The maximum atomic E-state index is 13.1. The van der Waals surface area contributed by atoms with Crippen molar-refractivity contribution in [2.24, 2.45) is 0 Å². The molecule has 2 aromatic rings. The van der Waals surface area contributed by atoms with Gasteiger partial charge in [-0.1, -0.05) is 23.7 Å². The fourth-order valence-corrected chi connectivity index (χ4v) is 2.00. The van der Waals surface area contributed by atoms with Gasteiger partial charge in [0.25, 0.3) is 0 Å². The van der Waals surface area contributed by atoms with E-state index in [2.05, 4.69) is 5.32 Å². The third-order valence-corrected chi connectivity index (χ3v) is 3.33. The first-order valence-corrected chi connectivity index (χ1v) is 6.36. The summed E-state index contributed by atoms with van der Waals surface area (Å²) >= 11 is 5.76. The highest BCUT2D eigenvalue weighted by Gasteiger charge is 2.09. The van der Waals surface area contributed by atoms with E-state index in [0.717, 1.165) is 16.8 Å². The van der Waals surface area contributed by atoms with Crippen LogP contribution in [0.4, 0.5) is 10.1 Å². The molecule has 2 aromatic carbocycles. The Kier molecular flexibility index (Phi) is 3.96. The normalized spacial score (nSPS) is 12.2. The number of benzene rings is 2. The van der Waals surface area contributed by atoms with Crippen molar-refractivity contribution >= 4 is 17.3 Å². The SMILES string of the molecule is Cc1ccc(NC(C)c2ccc(F)c(Cl)c2)cc1O. The van der Waals surface area contributed by atoms with Crippen LogP contribution in [-0.4, -0.2) is 5.11 Å². The van der Waals surface area contributed by atoms with Gasteiger partial charge in [0.15, 0.2) is 0 Å². The van der Waals surface area contributed by atoms with Gasteiger partial charge in [-0.25, -0.2) is 4.39 Å². The number of phenols is 1. The van der Waals surface area contributed by atoms with E-state index >= 15 is 0 Å². The first-order chi connectivity index (χ1) is 8.97. The molecule has 1 atom stereocenters. The van der Waals surface area contributed by atoms with E-state index in [1.54, 1.807) is 18.2 Å². The van der Waals surface area contributed by atoms with E-state index in [1.165, 1.54) is 6.07 Å². The molecule has 4 heteroatoms. The fraction of sp³-hybridized carbons (Fsp3) is 0.200. The van der Waals surface area contributed by atoms with Crippen molar-refractivity contribution < 1.29 is 9.50 Å². The smallest absolute Gasteiger partial charge is 0.141 e. The van der Waals surface area contributed by atoms with Crippen LogP contribution in [0.25, 0.3) is 0 Å². The second kappa shape index (κ2) is 5.49. The minimum absolute atomic E-state index is 0.0415.